The minimum atomic E-state index is 0. The Morgan fingerprint density at radius 1 is 1.53 bits per heavy atom. The van der Waals surface area contributed by atoms with Crippen LogP contribution in [0.4, 0.5) is 5.69 Å². The number of benzene rings is 1. The molecule has 2 rings (SSSR count). The number of hydrogen-bond acceptors (Lipinski definition) is 3. The van der Waals surface area contributed by atoms with Gasteiger partial charge in [0.05, 0.1) is 13.0 Å². The summed E-state index contributed by atoms with van der Waals surface area (Å²) in [5, 5.41) is 6.08. The lowest BCUT2D eigenvalue weighted by atomic mass is 10.1. The van der Waals surface area contributed by atoms with Crippen LogP contribution in [-0.4, -0.2) is 26.1 Å². The number of ether oxygens (including phenoxy) is 1. The first-order valence-electron chi connectivity index (χ1n) is 5.45. The van der Waals surface area contributed by atoms with Crippen LogP contribution >= 0.6 is 12.4 Å². The van der Waals surface area contributed by atoms with E-state index in [4.69, 9.17) is 4.74 Å². The molecule has 0 aromatic heterocycles. The molecular weight excluding hydrogens is 240 g/mol. The lowest BCUT2D eigenvalue weighted by Gasteiger charge is -2.10. The molecule has 0 radical (unpaired) electrons. The molecule has 1 unspecified atom stereocenters. The maximum absolute atomic E-state index is 11.8. The second-order valence-electron chi connectivity index (χ2n) is 3.91. The molecule has 1 amide bonds. The van der Waals surface area contributed by atoms with Gasteiger partial charge < -0.3 is 15.4 Å². The second-order valence-corrected chi connectivity index (χ2v) is 3.91. The number of amides is 1. The van der Waals surface area contributed by atoms with Crippen molar-refractivity contribution in [3.05, 3.63) is 24.3 Å². The van der Waals surface area contributed by atoms with Gasteiger partial charge in [-0.15, -0.1) is 12.4 Å². The largest absolute Gasteiger partial charge is 0.497 e. The Morgan fingerprint density at radius 3 is 3.00 bits per heavy atom. The van der Waals surface area contributed by atoms with Crippen LogP contribution in [0.5, 0.6) is 5.75 Å². The molecule has 2 N–H and O–H groups in total. The fourth-order valence-corrected chi connectivity index (χ4v) is 1.82. The summed E-state index contributed by atoms with van der Waals surface area (Å²) in [5.41, 5.74) is 0.788. The van der Waals surface area contributed by atoms with Gasteiger partial charge in [0.1, 0.15) is 5.75 Å². The molecule has 0 spiro atoms. The molecule has 5 heteroatoms. The number of nitrogens with one attached hydrogen (secondary N) is 2. The topological polar surface area (TPSA) is 50.4 Å². The van der Waals surface area contributed by atoms with E-state index in [2.05, 4.69) is 10.6 Å². The fourth-order valence-electron chi connectivity index (χ4n) is 1.82. The van der Waals surface area contributed by atoms with E-state index in [0.29, 0.717) is 0 Å². The van der Waals surface area contributed by atoms with E-state index in [1.165, 1.54) is 0 Å². The predicted octanol–water partition coefficient (Wildman–Crippen LogP) is 1.66. The van der Waals surface area contributed by atoms with E-state index in [0.717, 1.165) is 30.9 Å². The number of anilines is 1. The number of carbonyl (C=O) groups excluding carboxylic acids is 1. The van der Waals surface area contributed by atoms with Gasteiger partial charge in [-0.2, -0.15) is 0 Å². The average Bonchev–Trinajstić information content (AvgIpc) is 2.83. The van der Waals surface area contributed by atoms with Crippen LogP contribution in [0.25, 0.3) is 0 Å². The molecule has 1 aliphatic rings. The van der Waals surface area contributed by atoms with Gasteiger partial charge in [-0.3, -0.25) is 4.79 Å². The zero-order valence-corrected chi connectivity index (χ0v) is 10.5. The number of halogens is 1. The molecular formula is C12H17ClN2O2. The summed E-state index contributed by atoms with van der Waals surface area (Å²) in [6.07, 6.45) is 0.913. The first kappa shape index (κ1) is 13.8. The van der Waals surface area contributed by atoms with E-state index < -0.39 is 0 Å². The van der Waals surface area contributed by atoms with Gasteiger partial charge in [0.15, 0.2) is 0 Å². The molecule has 0 saturated carbocycles. The third-order valence-electron chi connectivity index (χ3n) is 2.77. The maximum Gasteiger partial charge on any atom is 0.228 e. The highest BCUT2D eigenvalue weighted by atomic mass is 35.5. The smallest absolute Gasteiger partial charge is 0.228 e. The third-order valence-corrected chi connectivity index (χ3v) is 2.77. The molecule has 1 aromatic rings. The van der Waals surface area contributed by atoms with Crippen LogP contribution in [0.15, 0.2) is 24.3 Å². The summed E-state index contributed by atoms with van der Waals surface area (Å²) in [6, 6.07) is 7.40. The van der Waals surface area contributed by atoms with Gasteiger partial charge in [0.25, 0.3) is 0 Å². The zero-order chi connectivity index (χ0) is 11.4. The van der Waals surface area contributed by atoms with Gasteiger partial charge >= 0.3 is 0 Å². The third kappa shape index (κ3) is 3.61. The van der Waals surface area contributed by atoms with Gasteiger partial charge in [-0.25, -0.2) is 0 Å². The van der Waals surface area contributed by atoms with Crippen molar-refractivity contribution in [1.29, 1.82) is 0 Å². The fraction of sp³-hybridized carbons (Fsp3) is 0.417. The van der Waals surface area contributed by atoms with Crippen molar-refractivity contribution in [2.45, 2.75) is 6.42 Å². The SMILES string of the molecule is COc1cccc(NC(=O)C2CCNC2)c1.Cl. The second kappa shape index (κ2) is 6.47. The summed E-state index contributed by atoms with van der Waals surface area (Å²) >= 11 is 0. The monoisotopic (exact) mass is 256 g/mol. The minimum Gasteiger partial charge on any atom is -0.497 e. The van der Waals surface area contributed by atoms with Crippen LogP contribution in [0.1, 0.15) is 6.42 Å². The molecule has 1 aliphatic heterocycles. The average molecular weight is 257 g/mol. The highest BCUT2D eigenvalue weighted by molar-refractivity contribution is 5.93. The molecule has 1 saturated heterocycles. The first-order chi connectivity index (χ1) is 7.79. The molecule has 0 bridgehead atoms. The Morgan fingerprint density at radius 2 is 2.35 bits per heavy atom. The first-order valence-corrected chi connectivity index (χ1v) is 5.45. The predicted molar refractivity (Wildman–Crippen MR) is 69.8 cm³/mol. The van der Waals surface area contributed by atoms with Crippen molar-refractivity contribution in [3.8, 4) is 5.75 Å². The Kier molecular flexibility index (Phi) is 5.25. The van der Waals surface area contributed by atoms with E-state index in [9.17, 15) is 4.79 Å². The molecule has 1 atom stereocenters. The molecule has 17 heavy (non-hydrogen) atoms. The normalized spacial score (nSPS) is 18.3. The Labute approximate surface area is 107 Å². The lowest BCUT2D eigenvalue weighted by Crippen LogP contribution is -2.24. The van der Waals surface area contributed by atoms with Crippen molar-refractivity contribution in [3.63, 3.8) is 0 Å². The van der Waals surface area contributed by atoms with Gasteiger partial charge in [-0.05, 0) is 25.1 Å². The molecule has 1 aromatic carbocycles. The summed E-state index contributed by atoms with van der Waals surface area (Å²) in [4.78, 5) is 11.8. The highest BCUT2D eigenvalue weighted by Crippen LogP contribution is 2.18. The standard InChI is InChI=1S/C12H16N2O2.ClH/c1-16-11-4-2-3-10(7-11)14-12(15)9-5-6-13-8-9;/h2-4,7,9,13H,5-6,8H2,1H3,(H,14,15);1H. The van der Waals surface area contributed by atoms with Crippen LogP contribution in [0.2, 0.25) is 0 Å². The number of methoxy groups -OCH3 is 1. The lowest BCUT2D eigenvalue weighted by molar-refractivity contribution is -0.119. The summed E-state index contributed by atoms with van der Waals surface area (Å²) in [5.74, 6) is 0.923. The quantitative estimate of drug-likeness (QED) is 0.865. The highest BCUT2D eigenvalue weighted by Gasteiger charge is 2.22. The number of carbonyl (C=O) groups is 1. The van der Waals surface area contributed by atoms with Crippen molar-refractivity contribution >= 4 is 24.0 Å². The van der Waals surface area contributed by atoms with Crippen molar-refractivity contribution < 1.29 is 9.53 Å². The van der Waals surface area contributed by atoms with E-state index >= 15 is 0 Å². The van der Waals surface area contributed by atoms with E-state index in [1.807, 2.05) is 24.3 Å². The summed E-state index contributed by atoms with van der Waals surface area (Å²) < 4.78 is 5.10. The minimum absolute atomic E-state index is 0. The van der Waals surface area contributed by atoms with Crippen molar-refractivity contribution in [1.82, 2.24) is 5.32 Å². The van der Waals surface area contributed by atoms with Crippen LogP contribution in [-0.2, 0) is 4.79 Å². The van der Waals surface area contributed by atoms with E-state index in [1.54, 1.807) is 7.11 Å². The van der Waals surface area contributed by atoms with Gasteiger partial charge in [0.2, 0.25) is 5.91 Å². The molecule has 1 heterocycles. The van der Waals surface area contributed by atoms with Crippen LogP contribution < -0.4 is 15.4 Å². The van der Waals surface area contributed by atoms with Gasteiger partial charge in [0, 0.05) is 18.3 Å². The Hall–Kier alpha value is -1.26. The number of hydrogen-bond donors (Lipinski definition) is 2. The van der Waals surface area contributed by atoms with E-state index in [-0.39, 0.29) is 24.2 Å². The molecule has 0 aliphatic carbocycles. The van der Waals surface area contributed by atoms with Gasteiger partial charge in [-0.1, -0.05) is 6.07 Å². The molecule has 4 nitrogen and oxygen atoms in total. The maximum atomic E-state index is 11.8. The summed E-state index contributed by atoms with van der Waals surface area (Å²) in [7, 11) is 1.61. The number of rotatable bonds is 3. The van der Waals surface area contributed by atoms with Crippen LogP contribution in [0.3, 0.4) is 0 Å². The van der Waals surface area contributed by atoms with Crippen LogP contribution in [0, 0.1) is 5.92 Å². The summed E-state index contributed by atoms with van der Waals surface area (Å²) in [6.45, 7) is 1.70. The Bertz CT molecular complexity index is 379. The molecule has 94 valence electrons. The molecule has 1 fully saturated rings. The Balaban J connectivity index is 0.00000144. The van der Waals surface area contributed by atoms with Crippen molar-refractivity contribution in [2.24, 2.45) is 5.92 Å². The zero-order valence-electron chi connectivity index (χ0n) is 9.73. The van der Waals surface area contributed by atoms with Crippen molar-refractivity contribution in [2.75, 3.05) is 25.5 Å².